The van der Waals surface area contributed by atoms with Crippen molar-refractivity contribution in [1.82, 2.24) is 14.7 Å². The van der Waals surface area contributed by atoms with Crippen molar-refractivity contribution in [3.8, 4) is 11.5 Å². The summed E-state index contributed by atoms with van der Waals surface area (Å²) in [5, 5.41) is 6.75. The molecule has 0 aliphatic carbocycles. The van der Waals surface area contributed by atoms with Crippen molar-refractivity contribution in [3.05, 3.63) is 46.4 Å². The Bertz CT molecular complexity index is 934. The fourth-order valence-corrected chi connectivity index (χ4v) is 3.00. The second-order valence-electron chi connectivity index (χ2n) is 6.33. The van der Waals surface area contributed by atoms with Crippen LogP contribution >= 0.6 is 0 Å². The number of hydrogen-bond donors (Lipinski definition) is 1. The van der Waals surface area contributed by atoms with Gasteiger partial charge in [0.15, 0.2) is 0 Å². The van der Waals surface area contributed by atoms with Gasteiger partial charge in [-0.15, -0.1) is 0 Å². The number of carbonyl (C=O) groups is 2. The molecule has 1 saturated heterocycles. The van der Waals surface area contributed by atoms with Gasteiger partial charge >= 0.3 is 0 Å². The number of methoxy groups -OCH3 is 2. The Labute approximate surface area is 161 Å². The molecule has 0 spiro atoms. The Morgan fingerprint density at radius 3 is 2.54 bits per heavy atom. The van der Waals surface area contributed by atoms with Crippen LogP contribution < -0.4 is 20.3 Å². The highest BCUT2D eigenvalue weighted by atomic mass is 16.5. The molecule has 0 atom stereocenters. The first-order chi connectivity index (χ1) is 13.5. The molecule has 0 radical (unpaired) electrons. The van der Waals surface area contributed by atoms with Crippen LogP contribution in [0.2, 0.25) is 0 Å². The molecular weight excluding hydrogens is 364 g/mol. The molecule has 1 aliphatic rings. The van der Waals surface area contributed by atoms with Gasteiger partial charge < -0.3 is 19.7 Å². The first kappa shape index (κ1) is 19.4. The lowest BCUT2D eigenvalue weighted by Crippen LogP contribution is -2.34. The van der Waals surface area contributed by atoms with Crippen molar-refractivity contribution in [2.24, 2.45) is 0 Å². The number of carbonyl (C=O) groups excluding carboxylic acids is 2. The fourth-order valence-electron chi connectivity index (χ4n) is 3.00. The summed E-state index contributed by atoms with van der Waals surface area (Å²) < 4.78 is 11.3. The highest BCUT2D eigenvalue weighted by molar-refractivity contribution is 5.93. The summed E-state index contributed by atoms with van der Waals surface area (Å²) in [6.07, 6.45) is 1.91. The maximum Gasteiger partial charge on any atom is 0.274 e. The zero-order valence-corrected chi connectivity index (χ0v) is 15.8. The highest BCUT2D eigenvalue weighted by Gasteiger charge is 2.21. The number of amides is 2. The summed E-state index contributed by atoms with van der Waals surface area (Å²) in [6.45, 7) is 1.02. The van der Waals surface area contributed by atoms with Crippen LogP contribution in [-0.2, 0) is 11.3 Å². The van der Waals surface area contributed by atoms with Crippen molar-refractivity contribution in [2.45, 2.75) is 19.4 Å². The molecule has 1 aromatic carbocycles. The van der Waals surface area contributed by atoms with Gasteiger partial charge in [0.05, 0.1) is 19.9 Å². The van der Waals surface area contributed by atoms with Gasteiger partial charge in [0.2, 0.25) is 5.91 Å². The Balaban J connectivity index is 1.76. The Kier molecular flexibility index (Phi) is 5.93. The van der Waals surface area contributed by atoms with Crippen molar-refractivity contribution in [1.29, 1.82) is 0 Å². The molecule has 1 aliphatic heterocycles. The number of nitrogens with zero attached hydrogens (tertiary/aromatic N) is 3. The Morgan fingerprint density at radius 2 is 1.86 bits per heavy atom. The summed E-state index contributed by atoms with van der Waals surface area (Å²) in [6, 6.07) is 7.61. The number of rotatable bonds is 6. The molecule has 1 N–H and O–H groups in total. The highest BCUT2D eigenvalue weighted by Crippen LogP contribution is 2.28. The van der Waals surface area contributed by atoms with E-state index in [1.165, 1.54) is 26.4 Å². The summed E-state index contributed by atoms with van der Waals surface area (Å²) in [5.41, 5.74) is 0.0863. The van der Waals surface area contributed by atoms with E-state index in [-0.39, 0.29) is 18.1 Å². The lowest BCUT2D eigenvalue weighted by molar-refractivity contribution is -0.117. The third kappa shape index (κ3) is 4.30. The molecule has 0 saturated carbocycles. The van der Waals surface area contributed by atoms with E-state index < -0.39 is 11.5 Å². The molecule has 2 heterocycles. The van der Waals surface area contributed by atoms with Gasteiger partial charge in [-0.2, -0.15) is 5.10 Å². The van der Waals surface area contributed by atoms with Crippen LogP contribution in [0.25, 0.3) is 0 Å². The number of ether oxygens (including phenoxy) is 2. The van der Waals surface area contributed by atoms with Crippen LogP contribution in [0.3, 0.4) is 0 Å². The van der Waals surface area contributed by atoms with Gasteiger partial charge in [0, 0.05) is 25.2 Å². The quantitative estimate of drug-likeness (QED) is 0.799. The summed E-state index contributed by atoms with van der Waals surface area (Å²) in [5.74, 6) is 0.282. The van der Waals surface area contributed by atoms with Crippen LogP contribution in [0.5, 0.6) is 11.5 Å². The third-order valence-electron chi connectivity index (χ3n) is 4.45. The molecule has 28 heavy (non-hydrogen) atoms. The second-order valence-corrected chi connectivity index (χ2v) is 6.33. The van der Waals surface area contributed by atoms with E-state index in [0.29, 0.717) is 30.3 Å². The van der Waals surface area contributed by atoms with Gasteiger partial charge in [0.25, 0.3) is 11.5 Å². The Morgan fingerprint density at radius 1 is 1.11 bits per heavy atom. The maximum absolute atomic E-state index is 12.5. The number of nitrogens with one attached hydrogen (secondary N) is 1. The zero-order valence-electron chi connectivity index (χ0n) is 15.8. The standard InChI is InChI=1S/C19H22N4O5/c1-27-13-5-7-16(28-2)15(11-13)20-17(24)12-23-18(25)8-6-14(21-23)19(26)22-9-3-4-10-22/h5-8,11H,3-4,9-10,12H2,1-2H3,(H,20,24). The minimum absolute atomic E-state index is 0.147. The molecule has 9 nitrogen and oxygen atoms in total. The molecule has 1 aromatic heterocycles. The van der Waals surface area contributed by atoms with E-state index in [9.17, 15) is 14.4 Å². The van der Waals surface area contributed by atoms with E-state index >= 15 is 0 Å². The summed E-state index contributed by atoms with van der Waals surface area (Å²) >= 11 is 0. The molecule has 0 unspecified atom stereocenters. The predicted molar refractivity (Wildman–Crippen MR) is 102 cm³/mol. The molecule has 2 aromatic rings. The monoisotopic (exact) mass is 386 g/mol. The van der Waals surface area contributed by atoms with E-state index in [2.05, 4.69) is 10.4 Å². The van der Waals surface area contributed by atoms with Crippen LogP contribution in [0.15, 0.2) is 35.1 Å². The van der Waals surface area contributed by atoms with Crippen molar-refractivity contribution >= 4 is 17.5 Å². The fraction of sp³-hybridized carbons (Fsp3) is 0.368. The number of aromatic nitrogens is 2. The molecule has 1 fully saturated rings. The molecule has 148 valence electrons. The second kappa shape index (κ2) is 8.55. The predicted octanol–water partition coefficient (Wildman–Crippen LogP) is 1.14. The van der Waals surface area contributed by atoms with E-state index in [4.69, 9.17) is 9.47 Å². The Hall–Kier alpha value is -3.36. The van der Waals surface area contributed by atoms with Crippen LogP contribution in [0.4, 0.5) is 5.69 Å². The molecule has 3 rings (SSSR count). The lowest BCUT2D eigenvalue weighted by Gasteiger charge is -2.15. The molecule has 2 amide bonds. The zero-order chi connectivity index (χ0) is 20.1. The number of likely N-dealkylation sites (tertiary alicyclic amines) is 1. The third-order valence-corrected chi connectivity index (χ3v) is 4.45. The van der Waals surface area contributed by atoms with Crippen LogP contribution in [-0.4, -0.2) is 53.8 Å². The normalized spacial score (nSPS) is 13.3. The van der Waals surface area contributed by atoms with Crippen molar-refractivity contribution < 1.29 is 19.1 Å². The smallest absolute Gasteiger partial charge is 0.274 e. The van der Waals surface area contributed by atoms with Gasteiger partial charge in [-0.05, 0) is 31.0 Å². The number of benzene rings is 1. The van der Waals surface area contributed by atoms with Crippen molar-refractivity contribution in [2.75, 3.05) is 32.6 Å². The number of hydrogen-bond acceptors (Lipinski definition) is 6. The molecule has 9 heteroatoms. The van der Waals surface area contributed by atoms with Gasteiger partial charge in [-0.1, -0.05) is 0 Å². The first-order valence-electron chi connectivity index (χ1n) is 8.91. The van der Waals surface area contributed by atoms with Gasteiger partial charge in [0.1, 0.15) is 23.7 Å². The van der Waals surface area contributed by atoms with E-state index in [0.717, 1.165) is 17.5 Å². The van der Waals surface area contributed by atoms with Crippen molar-refractivity contribution in [3.63, 3.8) is 0 Å². The van der Waals surface area contributed by atoms with Gasteiger partial charge in [-0.3, -0.25) is 14.4 Å². The largest absolute Gasteiger partial charge is 0.497 e. The SMILES string of the molecule is COc1ccc(OC)c(NC(=O)Cn2nc(C(=O)N3CCCC3)ccc2=O)c1. The molecule has 0 bridgehead atoms. The van der Waals surface area contributed by atoms with Gasteiger partial charge in [-0.25, -0.2) is 4.68 Å². The van der Waals surface area contributed by atoms with Crippen LogP contribution in [0.1, 0.15) is 23.3 Å². The average molecular weight is 386 g/mol. The lowest BCUT2D eigenvalue weighted by atomic mass is 10.2. The topological polar surface area (TPSA) is 103 Å². The van der Waals surface area contributed by atoms with E-state index in [1.807, 2.05) is 0 Å². The minimum atomic E-state index is -0.480. The molecular formula is C19H22N4O5. The van der Waals surface area contributed by atoms with Crippen LogP contribution in [0, 0.1) is 0 Å². The maximum atomic E-state index is 12.5. The average Bonchev–Trinajstić information content (AvgIpc) is 3.23. The first-order valence-corrected chi connectivity index (χ1v) is 8.91. The number of anilines is 1. The minimum Gasteiger partial charge on any atom is -0.497 e. The van der Waals surface area contributed by atoms with E-state index in [1.54, 1.807) is 23.1 Å². The summed E-state index contributed by atoms with van der Waals surface area (Å²) in [4.78, 5) is 38.7. The summed E-state index contributed by atoms with van der Waals surface area (Å²) in [7, 11) is 3.00.